The molecule has 1 heterocycles. The van der Waals surface area contributed by atoms with Gasteiger partial charge in [-0.15, -0.1) is 11.3 Å². The van der Waals surface area contributed by atoms with Crippen LogP contribution in [0.5, 0.6) is 0 Å². The monoisotopic (exact) mass is 292 g/mol. The second-order valence-corrected chi connectivity index (χ2v) is 6.16. The number of halogens is 1. The molecule has 1 aromatic heterocycles. The zero-order chi connectivity index (χ0) is 14.7. The Balaban J connectivity index is 2.46. The standard InChI is InChI=1S/C16H21FN2S/c1-5-14-11(4)20-16(19-14)15(18-6-2)12-9-10(3)7-8-13(12)17/h7-9,15,18H,5-6H2,1-4H3. The van der Waals surface area contributed by atoms with E-state index in [4.69, 9.17) is 0 Å². The summed E-state index contributed by atoms with van der Waals surface area (Å²) < 4.78 is 14.2. The topological polar surface area (TPSA) is 24.9 Å². The lowest BCUT2D eigenvalue weighted by Gasteiger charge is -2.17. The molecule has 1 aromatic carbocycles. The van der Waals surface area contributed by atoms with Gasteiger partial charge in [-0.25, -0.2) is 9.37 Å². The summed E-state index contributed by atoms with van der Waals surface area (Å²) in [5.41, 5.74) is 2.86. The van der Waals surface area contributed by atoms with Gasteiger partial charge in [0, 0.05) is 10.4 Å². The number of thiazole rings is 1. The molecule has 0 radical (unpaired) electrons. The summed E-state index contributed by atoms with van der Waals surface area (Å²) in [5.74, 6) is -0.174. The van der Waals surface area contributed by atoms with Crippen LogP contribution in [0.4, 0.5) is 4.39 Å². The molecule has 0 bridgehead atoms. The lowest BCUT2D eigenvalue weighted by molar-refractivity contribution is 0.556. The molecule has 0 saturated carbocycles. The van der Waals surface area contributed by atoms with Crippen molar-refractivity contribution in [3.05, 3.63) is 50.7 Å². The van der Waals surface area contributed by atoms with Gasteiger partial charge < -0.3 is 5.32 Å². The summed E-state index contributed by atoms with van der Waals surface area (Å²) in [5, 5.41) is 4.31. The van der Waals surface area contributed by atoms with Crippen LogP contribution in [0, 0.1) is 19.7 Å². The molecule has 2 nitrogen and oxygen atoms in total. The highest BCUT2D eigenvalue weighted by Crippen LogP contribution is 2.30. The number of aromatic nitrogens is 1. The van der Waals surface area contributed by atoms with Crippen molar-refractivity contribution in [1.29, 1.82) is 0 Å². The molecule has 1 unspecified atom stereocenters. The van der Waals surface area contributed by atoms with Crippen molar-refractivity contribution in [2.75, 3.05) is 6.54 Å². The van der Waals surface area contributed by atoms with Gasteiger partial charge >= 0.3 is 0 Å². The predicted octanol–water partition coefficient (Wildman–Crippen LogP) is 4.16. The van der Waals surface area contributed by atoms with E-state index in [0.717, 1.165) is 29.2 Å². The minimum atomic E-state index is -0.174. The second-order valence-electron chi connectivity index (χ2n) is 4.92. The number of aryl methyl sites for hydroxylation is 3. The Labute approximate surface area is 124 Å². The molecule has 2 rings (SSSR count). The van der Waals surface area contributed by atoms with Gasteiger partial charge in [-0.3, -0.25) is 0 Å². The van der Waals surface area contributed by atoms with Crippen LogP contribution in [0.1, 0.15) is 46.6 Å². The minimum Gasteiger partial charge on any atom is -0.304 e. The highest BCUT2D eigenvalue weighted by Gasteiger charge is 2.21. The number of nitrogens with one attached hydrogen (secondary N) is 1. The molecule has 0 fully saturated rings. The number of rotatable bonds is 5. The van der Waals surface area contributed by atoms with E-state index < -0.39 is 0 Å². The Kier molecular flexibility index (Phi) is 4.89. The summed E-state index contributed by atoms with van der Waals surface area (Å²) in [6, 6.07) is 5.08. The first-order valence-corrected chi connectivity index (χ1v) is 7.84. The van der Waals surface area contributed by atoms with Crippen molar-refractivity contribution in [2.45, 2.75) is 40.2 Å². The normalized spacial score (nSPS) is 12.7. The van der Waals surface area contributed by atoms with Crippen LogP contribution >= 0.6 is 11.3 Å². The van der Waals surface area contributed by atoms with Crippen molar-refractivity contribution >= 4 is 11.3 Å². The zero-order valence-corrected chi connectivity index (χ0v) is 13.3. The molecule has 0 aliphatic carbocycles. The molecular formula is C16H21FN2S. The quantitative estimate of drug-likeness (QED) is 0.895. The molecule has 0 saturated heterocycles. The number of benzene rings is 1. The fraction of sp³-hybridized carbons (Fsp3) is 0.438. The Morgan fingerprint density at radius 3 is 2.65 bits per heavy atom. The van der Waals surface area contributed by atoms with Crippen LogP contribution in [0.3, 0.4) is 0 Å². The van der Waals surface area contributed by atoms with Gasteiger partial charge in [0.1, 0.15) is 10.8 Å². The van der Waals surface area contributed by atoms with Crippen LogP contribution in [0.15, 0.2) is 18.2 Å². The van der Waals surface area contributed by atoms with Crippen molar-refractivity contribution < 1.29 is 4.39 Å². The van der Waals surface area contributed by atoms with Gasteiger partial charge in [-0.05, 0) is 32.9 Å². The van der Waals surface area contributed by atoms with Gasteiger partial charge in [0.25, 0.3) is 0 Å². The van der Waals surface area contributed by atoms with Crippen molar-refractivity contribution in [1.82, 2.24) is 10.3 Å². The van der Waals surface area contributed by atoms with E-state index in [-0.39, 0.29) is 11.9 Å². The Bertz CT molecular complexity index is 592. The summed E-state index contributed by atoms with van der Waals surface area (Å²) in [4.78, 5) is 5.90. The predicted molar refractivity (Wildman–Crippen MR) is 82.9 cm³/mol. The van der Waals surface area contributed by atoms with E-state index >= 15 is 0 Å². The SMILES string of the molecule is CCNC(c1nc(CC)c(C)s1)c1cc(C)ccc1F. The maximum atomic E-state index is 14.2. The number of hydrogen-bond donors (Lipinski definition) is 1. The second kappa shape index (κ2) is 6.46. The lowest BCUT2D eigenvalue weighted by Crippen LogP contribution is -2.23. The van der Waals surface area contributed by atoms with Gasteiger partial charge in [0.05, 0.1) is 11.7 Å². The molecule has 0 aliphatic rings. The third kappa shape index (κ3) is 3.07. The van der Waals surface area contributed by atoms with E-state index in [0.29, 0.717) is 5.56 Å². The average Bonchev–Trinajstić information content (AvgIpc) is 2.80. The van der Waals surface area contributed by atoms with Crippen molar-refractivity contribution in [3.8, 4) is 0 Å². The van der Waals surface area contributed by atoms with E-state index in [1.807, 2.05) is 19.9 Å². The summed E-state index contributed by atoms with van der Waals surface area (Å²) in [6.45, 7) is 8.97. The number of nitrogens with zero attached hydrogens (tertiary/aromatic N) is 1. The van der Waals surface area contributed by atoms with Gasteiger partial charge in [0.15, 0.2) is 0 Å². The molecule has 0 amide bonds. The first kappa shape index (κ1) is 15.1. The highest BCUT2D eigenvalue weighted by atomic mass is 32.1. The van der Waals surface area contributed by atoms with Crippen LogP contribution in [-0.2, 0) is 6.42 Å². The Morgan fingerprint density at radius 2 is 2.05 bits per heavy atom. The Hall–Kier alpha value is -1.26. The van der Waals surface area contributed by atoms with E-state index in [9.17, 15) is 4.39 Å². The maximum Gasteiger partial charge on any atom is 0.128 e. The van der Waals surface area contributed by atoms with Gasteiger partial charge in [0.2, 0.25) is 0 Å². The van der Waals surface area contributed by atoms with Crippen molar-refractivity contribution in [2.24, 2.45) is 0 Å². The molecule has 2 aromatic rings. The molecule has 1 N–H and O–H groups in total. The van der Waals surface area contributed by atoms with E-state index in [1.165, 1.54) is 10.9 Å². The average molecular weight is 292 g/mol. The fourth-order valence-corrected chi connectivity index (χ4v) is 3.43. The molecule has 4 heteroatoms. The smallest absolute Gasteiger partial charge is 0.128 e. The molecular weight excluding hydrogens is 271 g/mol. The maximum absolute atomic E-state index is 14.2. The molecule has 0 spiro atoms. The molecule has 1 atom stereocenters. The lowest BCUT2D eigenvalue weighted by atomic mass is 10.0. The summed E-state index contributed by atoms with van der Waals surface area (Å²) >= 11 is 1.66. The highest BCUT2D eigenvalue weighted by molar-refractivity contribution is 7.11. The van der Waals surface area contributed by atoms with Crippen LogP contribution in [0.2, 0.25) is 0 Å². The summed E-state index contributed by atoms with van der Waals surface area (Å²) in [7, 11) is 0. The van der Waals surface area contributed by atoms with Crippen LogP contribution < -0.4 is 5.32 Å². The first-order valence-electron chi connectivity index (χ1n) is 7.02. The van der Waals surface area contributed by atoms with E-state index in [1.54, 1.807) is 17.4 Å². The van der Waals surface area contributed by atoms with E-state index in [2.05, 4.69) is 24.1 Å². The third-order valence-corrected chi connectivity index (χ3v) is 4.44. The van der Waals surface area contributed by atoms with Crippen molar-refractivity contribution in [3.63, 3.8) is 0 Å². The third-order valence-electron chi connectivity index (χ3n) is 3.36. The molecule has 20 heavy (non-hydrogen) atoms. The minimum absolute atomic E-state index is 0.163. The first-order chi connectivity index (χ1) is 9.56. The van der Waals surface area contributed by atoms with Gasteiger partial charge in [-0.2, -0.15) is 0 Å². The molecule has 0 aliphatic heterocycles. The van der Waals surface area contributed by atoms with Crippen LogP contribution in [0.25, 0.3) is 0 Å². The van der Waals surface area contributed by atoms with Crippen LogP contribution in [-0.4, -0.2) is 11.5 Å². The molecule has 108 valence electrons. The Morgan fingerprint density at radius 1 is 1.30 bits per heavy atom. The fourth-order valence-electron chi connectivity index (χ4n) is 2.32. The zero-order valence-electron chi connectivity index (χ0n) is 12.5. The number of hydrogen-bond acceptors (Lipinski definition) is 3. The van der Waals surface area contributed by atoms with Gasteiger partial charge in [-0.1, -0.05) is 31.5 Å². The summed E-state index contributed by atoms with van der Waals surface area (Å²) in [6.07, 6.45) is 0.914. The largest absolute Gasteiger partial charge is 0.304 e.